The van der Waals surface area contributed by atoms with E-state index in [4.69, 9.17) is 5.26 Å². The van der Waals surface area contributed by atoms with Crippen molar-refractivity contribution in [3.8, 4) is 12.1 Å². The molecule has 0 saturated carbocycles. The SMILES string of the molecule is N#C[C@H]1CCc2[nH]c3ccccc3c2[C@@H]1C#N. The molecule has 0 aliphatic heterocycles. The zero-order valence-electron chi connectivity index (χ0n) is 9.27. The third kappa shape index (κ3) is 1.33. The summed E-state index contributed by atoms with van der Waals surface area (Å²) in [5, 5.41) is 19.5. The first-order valence-electron chi connectivity index (χ1n) is 5.74. The van der Waals surface area contributed by atoms with Gasteiger partial charge in [0, 0.05) is 16.6 Å². The van der Waals surface area contributed by atoms with Crippen LogP contribution in [-0.4, -0.2) is 4.98 Å². The lowest BCUT2D eigenvalue weighted by atomic mass is 9.78. The fourth-order valence-electron chi connectivity index (χ4n) is 2.73. The van der Waals surface area contributed by atoms with Gasteiger partial charge in [0.1, 0.15) is 0 Å². The summed E-state index contributed by atoms with van der Waals surface area (Å²) in [4.78, 5) is 3.36. The number of rotatable bonds is 0. The van der Waals surface area contributed by atoms with Crippen molar-refractivity contribution in [2.45, 2.75) is 18.8 Å². The summed E-state index contributed by atoms with van der Waals surface area (Å²) in [6, 6.07) is 12.6. The van der Waals surface area contributed by atoms with Gasteiger partial charge in [-0.2, -0.15) is 10.5 Å². The van der Waals surface area contributed by atoms with Gasteiger partial charge in [-0.15, -0.1) is 0 Å². The first-order chi connectivity index (χ1) is 8.35. The van der Waals surface area contributed by atoms with Crippen molar-refractivity contribution in [2.75, 3.05) is 0 Å². The minimum atomic E-state index is -0.292. The Morgan fingerprint density at radius 3 is 2.76 bits per heavy atom. The molecule has 0 bridgehead atoms. The first kappa shape index (κ1) is 9.93. The highest BCUT2D eigenvalue weighted by Crippen LogP contribution is 2.39. The van der Waals surface area contributed by atoms with Crippen LogP contribution in [0.4, 0.5) is 0 Å². The number of para-hydroxylation sites is 1. The van der Waals surface area contributed by atoms with Gasteiger partial charge in [-0.05, 0) is 24.5 Å². The number of nitrogens with one attached hydrogen (secondary N) is 1. The van der Waals surface area contributed by atoms with E-state index >= 15 is 0 Å². The zero-order chi connectivity index (χ0) is 11.8. The van der Waals surface area contributed by atoms with Crippen molar-refractivity contribution in [3.05, 3.63) is 35.5 Å². The average molecular weight is 221 g/mol. The van der Waals surface area contributed by atoms with Crippen molar-refractivity contribution in [3.63, 3.8) is 0 Å². The van der Waals surface area contributed by atoms with Gasteiger partial charge in [-0.25, -0.2) is 0 Å². The molecule has 2 aromatic rings. The van der Waals surface area contributed by atoms with E-state index in [-0.39, 0.29) is 11.8 Å². The van der Waals surface area contributed by atoms with Crippen molar-refractivity contribution >= 4 is 10.9 Å². The maximum Gasteiger partial charge on any atom is 0.0894 e. The van der Waals surface area contributed by atoms with Crippen LogP contribution in [0.25, 0.3) is 10.9 Å². The van der Waals surface area contributed by atoms with Gasteiger partial charge in [-0.1, -0.05) is 18.2 Å². The van der Waals surface area contributed by atoms with Gasteiger partial charge in [0.2, 0.25) is 0 Å². The summed E-state index contributed by atoms with van der Waals surface area (Å²) in [6.07, 6.45) is 1.63. The predicted octanol–water partition coefficient (Wildman–Crippen LogP) is 2.86. The van der Waals surface area contributed by atoms with Crippen LogP contribution in [0.5, 0.6) is 0 Å². The van der Waals surface area contributed by atoms with E-state index in [0.717, 1.165) is 35.0 Å². The van der Waals surface area contributed by atoms with Gasteiger partial charge in [0.15, 0.2) is 0 Å². The van der Waals surface area contributed by atoms with Gasteiger partial charge < -0.3 is 4.98 Å². The molecular weight excluding hydrogens is 210 g/mol. The van der Waals surface area contributed by atoms with Crippen molar-refractivity contribution in [1.29, 1.82) is 10.5 Å². The third-order valence-corrected chi connectivity index (χ3v) is 3.55. The lowest BCUT2D eigenvalue weighted by Gasteiger charge is -2.21. The van der Waals surface area contributed by atoms with Crippen LogP contribution < -0.4 is 0 Å². The number of aromatic nitrogens is 1. The maximum atomic E-state index is 9.30. The van der Waals surface area contributed by atoms with Gasteiger partial charge in [0.05, 0.1) is 24.0 Å². The second kappa shape index (κ2) is 3.64. The highest BCUT2D eigenvalue weighted by Gasteiger charge is 2.32. The molecule has 1 aromatic heterocycles. The molecule has 3 heteroatoms. The monoisotopic (exact) mass is 221 g/mol. The number of aryl methyl sites for hydroxylation is 1. The molecule has 0 spiro atoms. The fourth-order valence-corrected chi connectivity index (χ4v) is 2.73. The molecule has 0 saturated heterocycles. The molecule has 1 aliphatic rings. The summed E-state index contributed by atoms with van der Waals surface area (Å²) in [7, 11) is 0. The van der Waals surface area contributed by atoms with Gasteiger partial charge in [-0.3, -0.25) is 0 Å². The van der Waals surface area contributed by atoms with Crippen LogP contribution in [0.2, 0.25) is 0 Å². The second-order valence-electron chi connectivity index (χ2n) is 4.44. The molecule has 1 aliphatic carbocycles. The standard InChI is InChI=1S/C14H11N3/c15-7-9-5-6-13-14(11(9)8-16)10-3-1-2-4-12(10)17-13/h1-4,9,11,17H,5-6H2/t9-,11-/m1/s1. The molecule has 0 radical (unpaired) electrons. The fraction of sp³-hybridized carbons (Fsp3) is 0.286. The number of nitriles is 2. The Bertz CT molecular complexity index is 654. The van der Waals surface area contributed by atoms with Crippen LogP contribution in [0.1, 0.15) is 23.6 Å². The largest absolute Gasteiger partial charge is 0.358 e. The molecule has 0 amide bonds. The predicted molar refractivity (Wildman–Crippen MR) is 64.1 cm³/mol. The molecule has 2 atom stereocenters. The molecule has 0 unspecified atom stereocenters. The van der Waals surface area contributed by atoms with Crippen LogP contribution in [0.3, 0.4) is 0 Å². The number of hydrogen-bond acceptors (Lipinski definition) is 2. The van der Waals surface area contributed by atoms with E-state index in [2.05, 4.69) is 17.1 Å². The zero-order valence-corrected chi connectivity index (χ0v) is 9.27. The van der Waals surface area contributed by atoms with Crippen LogP contribution in [-0.2, 0) is 6.42 Å². The van der Waals surface area contributed by atoms with Crippen molar-refractivity contribution in [1.82, 2.24) is 4.98 Å². The summed E-state index contributed by atoms with van der Waals surface area (Å²) in [5.74, 6) is -0.466. The molecule has 0 fully saturated rings. The summed E-state index contributed by atoms with van der Waals surface area (Å²) < 4.78 is 0. The number of H-pyrrole nitrogens is 1. The minimum absolute atomic E-state index is 0.174. The normalized spacial score (nSPS) is 22.7. The second-order valence-corrected chi connectivity index (χ2v) is 4.44. The Hall–Kier alpha value is -2.26. The Morgan fingerprint density at radius 1 is 1.18 bits per heavy atom. The number of benzene rings is 1. The van der Waals surface area contributed by atoms with E-state index < -0.39 is 0 Å². The number of aromatic amines is 1. The molecule has 1 heterocycles. The number of hydrogen-bond donors (Lipinski definition) is 1. The molecule has 1 aromatic carbocycles. The maximum absolute atomic E-state index is 9.30. The van der Waals surface area contributed by atoms with Crippen LogP contribution in [0.15, 0.2) is 24.3 Å². The van der Waals surface area contributed by atoms with Crippen molar-refractivity contribution < 1.29 is 0 Å². The lowest BCUT2D eigenvalue weighted by molar-refractivity contribution is 0.519. The summed E-state index contributed by atoms with van der Waals surface area (Å²) in [5.41, 5.74) is 3.24. The number of nitrogens with zero attached hydrogens (tertiary/aromatic N) is 2. The summed E-state index contributed by atoms with van der Waals surface area (Å²) in [6.45, 7) is 0. The van der Waals surface area contributed by atoms with Gasteiger partial charge >= 0.3 is 0 Å². The number of fused-ring (bicyclic) bond motifs is 3. The Kier molecular flexibility index (Phi) is 2.13. The Balaban J connectivity index is 2.28. The van der Waals surface area contributed by atoms with E-state index in [1.165, 1.54) is 0 Å². The molecular formula is C14H11N3. The molecule has 17 heavy (non-hydrogen) atoms. The highest BCUT2D eigenvalue weighted by atomic mass is 14.7. The average Bonchev–Trinajstić information content (AvgIpc) is 2.76. The quantitative estimate of drug-likeness (QED) is 0.743. The molecule has 82 valence electrons. The van der Waals surface area contributed by atoms with Gasteiger partial charge in [0.25, 0.3) is 0 Å². The van der Waals surface area contributed by atoms with Crippen LogP contribution >= 0.6 is 0 Å². The minimum Gasteiger partial charge on any atom is -0.358 e. The molecule has 3 rings (SSSR count). The Labute approximate surface area is 99.3 Å². The molecule has 1 N–H and O–H groups in total. The van der Waals surface area contributed by atoms with E-state index in [1.807, 2.05) is 24.3 Å². The van der Waals surface area contributed by atoms with Crippen LogP contribution in [0, 0.1) is 28.6 Å². The third-order valence-electron chi connectivity index (χ3n) is 3.55. The first-order valence-corrected chi connectivity index (χ1v) is 5.74. The lowest BCUT2D eigenvalue weighted by Crippen LogP contribution is -2.17. The topological polar surface area (TPSA) is 63.4 Å². The highest BCUT2D eigenvalue weighted by molar-refractivity contribution is 5.86. The van der Waals surface area contributed by atoms with E-state index in [9.17, 15) is 5.26 Å². The smallest absolute Gasteiger partial charge is 0.0894 e. The Morgan fingerprint density at radius 2 is 2.00 bits per heavy atom. The van der Waals surface area contributed by atoms with E-state index in [0.29, 0.717) is 0 Å². The summed E-state index contributed by atoms with van der Waals surface area (Å²) >= 11 is 0. The van der Waals surface area contributed by atoms with Crippen molar-refractivity contribution in [2.24, 2.45) is 5.92 Å². The van der Waals surface area contributed by atoms with E-state index in [1.54, 1.807) is 0 Å². The molecule has 3 nitrogen and oxygen atoms in total.